The van der Waals surface area contributed by atoms with Gasteiger partial charge in [-0.25, -0.2) is 19.3 Å². The molecule has 5 N–H and O–H groups in total. The second-order valence-corrected chi connectivity index (χ2v) is 13.3. The standard InChI is InChI=1S/C13H20N5O8P3/c1-27(19,20)8-29(23,24)26-28(21,22)7-25-10-3-2-9(4-10)18-6-17-11-12(14)15-5-16-13(11)18/h2-3,5-6,9-10H,4,7-8H2,1H3,(H,19,20)(H,21,22)(H,23,24)(H2,14,15,16)/t9-,10+/m1/s1. The zero-order valence-electron chi connectivity index (χ0n) is 15.2. The second kappa shape index (κ2) is 8.02. The first-order chi connectivity index (χ1) is 13.4. The number of allylic oxidation sites excluding steroid dienone is 1. The summed E-state index contributed by atoms with van der Waals surface area (Å²) in [6, 6.07) is -0.206. The highest BCUT2D eigenvalue weighted by Gasteiger charge is 2.37. The van der Waals surface area contributed by atoms with Crippen molar-refractivity contribution < 1.29 is 37.4 Å². The van der Waals surface area contributed by atoms with Crippen LogP contribution in [-0.4, -0.2) is 59.2 Å². The summed E-state index contributed by atoms with van der Waals surface area (Å²) in [6.07, 6.45) is 5.26. The van der Waals surface area contributed by atoms with E-state index < -0.39 is 40.9 Å². The fourth-order valence-corrected chi connectivity index (χ4v) is 8.35. The van der Waals surface area contributed by atoms with Gasteiger partial charge in [0.1, 0.15) is 24.1 Å². The molecule has 1 aliphatic carbocycles. The van der Waals surface area contributed by atoms with Gasteiger partial charge in [-0.3, -0.25) is 13.7 Å². The van der Waals surface area contributed by atoms with Crippen LogP contribution in [0.4, 0.5) is 5.82 Å². The highest BCUT2D eigenvalue weighted by molar-refractivity contribution is 7.76. The number of fused-ring (bicyclic) bond motifs is 1. The highest BCUT2D eigenvalue weighted by Crippen LogP contribution is 2.64. The molecular formula is C13H20N5O8P3. The van der Waals surface area contributed by atoms with Gasteiger partial charge in [-0.2, -0.15) is 0 Å². The van der Waals surface area contributed by atoms with E-state index in [-0.39, 0.29) is 11.9 Å². The zero-order chi connectivity index (χ0) is 21.4. The minimum absolute atomic E-state index is 0.206. The van der Waals surface area contributed by atoms with Gasteiger partial charge in [-0.1, -0.05) is 12.2 Å². The minimum Gasteiger partial charge on any atom is -0.382 e. The van der Waals surface area contributed by atoms with Crippen molar-refractivity contribution in [3.05, 3.63) is 24.8 Å². The normalized spacial score (nSPS) is 25.5. The Labute approximate surface area is 165 Å². The molecule has 2 heterocycles. The fourth-order valence-electron chi connectivity index (χ4n) is 2.86. The molecule has 0 bridgehead atoms. The molecule has 29 heavy (non-hydrogen) atoms. The summed E-state index contributed by atoms with van der Waals surface area (Å²) in [5, 5.41) is 0. The lowest BCUT2D eigenvalue weighted by atomic mass is 10.2. The SMILES string of the molecule is CP(=O)(O)CP(=O)(O)OP(=O)(O)CO[C@H]1C=C[C@@H](n2cnc3c(N)ncnc32)C1. The molecule has 3 unspecified atom stereocenters. The van der Waals surface area contributed by atoms with E-state index in [0.29, 0.717) is 17.6 Å². The number of ether oxygens (including phenoxy) is 1. The maximum absolute atomic E-state index is 12.0. The average molecular weight is 467 g/mol. The van der Waals surface area contributed by atoms with Gasteiger partial charge in [0.05, 0.1) is 18.5 Å². The first-order valence-electron chi connectivity index (χ1n) is 8.22. The smallest absolute Gasteiger partial charge is 0.360 e. The summed E-state index contributed by atoms with van der Waals surface area (Å²) in [5.41, 5.74) is 6.74. The Kier molecular flexibility index (Phi) is 6.16. The summed E-state index contributed by atoms with van der Waals surface area (Å²) in [5.74, 6) is -0.885. The summed E-state index contributed by atoms with van der Waals surface area (Å²) in [7, 11) is -13.3. The molecule has 2 aromatic heterocycles. The number of nitrogens with zero attached hydrogens (tertiary/aromatic N) is 4. The summed E-state index contributed by atoms with van der Waals surface area (Å²) in [4.78, 5) is 40.7. The van der Waals surface area contributed by atoms with E-state index >= 15 is 0 Å². The van der Waals surface area contributed by atoms with E-state index in [4.69, 9.17) is 10.5 Å². The van der Waals surface area contributed by atoms with Crippen molar-refractivity contribution in [2.75, 3.05) is 24.6 Å². The Morgan fingerprint density at radius 2 is 1.90 bits per heavy atom. The lowest BCUT2D eigenvalue weighted by Crippen LogP contribution is -2.13. The molecule has 5 atom stereocenters. The number of hydrogen-bond donors (Lipinski definition) is 4. The molecule has 0 saturated heterocycles. The van der Waals surface area contributed by atoms with E-state index in [1.807, 2.05) is 0 Å². The van der Waals surface area contributed by atoms with Crippen LogP contribution in [-0.2, 0) is 22.7 Å². The van der Waals surface area contributed by atoms with Crippen molar-refractivity contribution in [3.8, 4) is 0 Å². The second-order valence-electron chi connectivity index (χ2n) is 6.65. The molecule has 160 valence electrons. The van der Waals surface area contributed by atoms with Crippen molar-refractivity contribution in [2.24, 2.45) is 0 Å². The summed E-state index contributed by atoms with van der Waals surface area (Å²) in [6.45, 7) is 0.847. The maximum atomic E-state index is 12.0. The fraction of sp³-hybridized carbons (Fsp3) is 0.462. The van der Waals surface area contributed by atoms with Crippen LogP contribution in [0, 0.1) is 0 Å². The number of rotatable bonds is 8. The molecule has 13 nitrogen and oxygen atoms in total. The summed E-state index contributed by atoms with van der Waals surface area (Å²) >= 11 is 0. The number of aromatic nitrogens is 4. The van der Waals surface area contributed by atoms with Gasteiger partial charge >= 0.3 is 15.2 Å². The Balaban J connectivity index is 1.59. The molecule has 16 heteroatoms. The molecular weight excluding hydrogens is 447 g/mol. The zero-order valence-corrected chi connectivity index (χ0v) is 17.9. The third-order valence-electron chi connectivity index (χ3n) is 3.91. The lowest BCUT2D eigenvalue weighted by molar-refractivity contribution is 0.103. The number of imidazole rings is 1. The van der Waals surface area contributed by atoms with Crippen LogP contribution >= 0.6 is 22.6 Å². The van der Waals surface area contributed by atoms with Crippen LogP contribution < -0.4 is 5.73 Å². The van der Waals surface area contributed by atoms with E-state index in [1.54, 1.807) is 23.0 Å². The van der Waals surface area contributed by atoms with Crippen molar-refractivity contribution in [2.45, 2.75) is 18.6 Å². The topological polar surface area (TPSA) is 200 Å². The molecule has 0 spiro atoms. The van der Waals surface area contributed by atoms with Crippen LogP contribution in [0.2, 0.25) is 0 Å². The van der Waals surface area contributed by atoms with Crippen LogP contribution in [0.15, 0.2) is 24.8 Å². The Bertz CT molecular complexity index is 1080. The first-order valence-corrected chi connectivity index (χ1v) is 14.0. The molecule has 2 aromatic rings. The molecule has 0 fully saturated rings. The van der Waals surface area contributed by atoms with Crippen LogP contribution in [0.5, 0.6) is 0 Å². The van der Waals surface area contributed by atoms with E-state index in [2.05, 4.69) is 19.3 Å². The lowest BCUT2D eigenvalue weighted by Gasteiger charge is -2.19. The van der Waals surface area contributed by atoms with Crippen molar-refractivity contribution >= 4 is 39.5 Å². The highest BCUT2D eigenvalue weighted by atomic mass is 31.3. The maximum Gasteiger partial charge on any atom is 0.360 e. The van der Waals surface area contributed by atoms with Gasteiger partial charge in [0.2, 0.25) is 7.37 Å². The van der Waals surface area contributed by atoms with Gasteiger partial charge in [0.25, 0.3) is 0 Å². The average Bonchev–Trinajstić information content (AvgIpc) is 3.16. The van der Waals surface area contributed by atoms with Gasteiger partial charge in [0.15, 0.2) is 11.5 Å². The van der Waals surface area contributed by atoms with E-state index in [9.17, 15) is 28.4 Å². The predicted octanol–water partition coefficient (Wildman–Crippen LogP) is 1.50. The Morgan fingerprint density at radius 3 is 2.59 bits per heavy atom. The molecule has 0 amide bonds. The summed E-state index contributed by atoms with van der Waals surface area (Å²) < 4.78 is 46.5. The Morgan fingerprint density at radius 1 is 1.17 bits per heavy atom. The van der Waals surface area contributed by atoms with Crippen molar-refractivity contribution in [1.82, 2.24) is 19.5 Å². The van der Waals surface area contributed by atoms with Crippen molar-refractivity contribution in [1.29, 1.82) is 0 Å². The van der Waals surface area contributed by atoms with E-state index in [0.717, 1.165) is 6.66 Å². The van der Waals surface area contributed by atoms with Gasteiger partial charge < -0.3 is 29.7 Å². The van der Waals surface area contributed by atoms with Gasteiger partial charge in [0, 0.05) is 13.1 Å². The van der Waals surface area contributed by atoms with E-state index in [1.165, 1.54) is 6.33 Å². The predicted molar refractivity (Wildman–Crippen MR) is 104 cm³/mol. The quantitative estimate of drug-likeness (QED) is 0.322. The third kappa shape index (κ3) is 5.81. The first kappa shape index (κ1) is 22.3. The minimum atomic E-state index is -4.74. The number of nitrogen functional groups attached to an aromatic ring is 1. The molecule has 0 radical (unpaired) electrons. The van der Waals surface area contributed by atoms with Crippen LogP contribution in [0.25, 0.3) is 11.2 Å². The van der Waals surface area contributed by atoms with Gasteiger partial charge in [-0.15, -0.1) is 0 Å². The molecule has 3 rings (SSSR count). The van der Waals surface area contributed by atoms with Gasteiger partial charge in [-0.05, 0) is 0 Å². The molecule has 0 aliphatic heterocycles. The Hall–Kier alpha value is -1.42. The van der Waals surface area contributed by atoms with Crippen LogP contribution in [0.3, 0.4) is 0 Å². The van der Waals surface area contributed by atoms with Crippen LogP contribution in [0.1, 0.15) is 12.5 Å². The number of hydrogen-bond acceptors (Lipinski definition) is 9. The third-order valence-corrected chi connectivity index (χ3v) is 9.96. The monoisotopic (exact) mass is 467 g/mol. The van der Waals surface area contributed by atoms with Crippen molar-refractivity contribution in [3.63, 3.8) is 0 Å². The number of anilines is 1. The molecule has 0 aromatic carbocycles. The molecule has 1 aliphatic rings. The largest absolute Gasteiger partial charge is 0.382 e. The molecule has 0 saturated carbocycles. The number of nitrogens with two attached hydrogens (primary N) is 1.